The Bertz CT molecular complexity index is 1260. The standard InChI is InChI=1S/C22H15ClN4O3/c23-16-8-11-18-19(13-16)25-21(24-18)20(26-22(28)15-4-2-1-3-5-15)12-14-6-9-17(10-7-14)27(29)30/h1-13H,(H,24,25)(H,26,28)/b20-12-. The van der Waals surface area contributed by atoms with E-state index in [1.54, 1.807) is 60.7 Å². The fourth-order valence-electron chi connectivity index (χ4n) is 2.92. The molecule has 4 aromatic rings. The van der Waals surface area contributed by atoms with E-state index < -0.39 is 4.92 Å². The molecule has 2 N–H and O–H groups in total. The summed E-state index contributed by atoms with van der Waals surface area (Å²) in [5.74, 6) is 0.136. The minimum Gasteiger partial charge on any atom is -0.337 e. The Morgan fingerprint density at radius 2 is 1.80 bits per heavy atom. The third-order valence-corrected chi connectivity index (χ3v) is 4.63. The summed E-state index contributed by atoms with van der Waals surface area (Å²) in [6.45, 7) is 0. The van der Waals surface area contributed by atoms with Gasteiger partial charge in [-0.3, -0.25) is 14.9 Å². The van der Waals surface area contributed by atoms with Gasteiger partial charge in [0.15, 0.2) is 5.82 Å². The zero-order valence-electron chi connectivity index (χ0n) is 15.5. The first kappa shape index (κ1) is 19.4. The Hall–Kier alpha value is -3.97. The molecular weight excluding hydrogens is 404 g/mol. The van der Waals surface area contributed by atoms with Gasteiger partial charge in [0.25, 0.3) is 11.6 Å². The van der Waals surface area contributed by atoms with Crippen LogP contribution >= 0.6 is 11.6 Å². The first-order chi connectivity index (χ1) is 14.5. The number of carbonyl (C=O) groups is 1. The van der Waals surface area contributed by atoms with Gasteiger partial charge in [-0.05, 0) is 54.1 Å². The van der Waals surface area contributed by atoms with E-state index in [0.29, 0.717) is 33.2 Å². The summed E-state index contributed by atoms with van der Waals surface area (Å²) >= 11 is 6.05. The lowest BCUT2D eigenvalue weighted by molar-refractivity contribution is -0.384. The summed E-state index contributed by atoms with van der Waals surface area (Å²) in [5, 5.41) is 14.3. The average Bonchev–Trinajstić information content (AvgIpc) is 3.17. The van der Waals surface area contributed by atoms with E-state index in [9.17, 15) is 14.9 Å². The lowest BCUT2D eigenvalue weighted by atomic mass is 10.1. The molecule has 0 radical (unpaired) electrons. The molecule has 0 fully saturated rings. The van der Waals surface area contributed by atoms with Crippen molar-refractivity contribution >= 4 is 46.0 Å². The van der Waals surface area contributed by atoms with E-state index in [0.717, 1.165) is 5.52 Å². The molecule has 0 unspecified atom stereocenters. The first-order valence-corrected chi connectivity index (χ1v) is 9.35. The van der Waals surface area contributed by atoms with Crippen molar-refractivity contribution in [3.63, 3.8) is 0 Å². The van der Waals surface area contributed by atoms with Crippen LogP contribution in [0.25, 0.3) is 22.8 Å². The van der Waals surface area contributed by atoms with Crippen molar-refractivity contribution in [3.8, 4) is 0 Å². The predicted molar refractivity (Wildman–Crippen MR) is 116 cm³/mol. The van der Waals surface area contributed by atoms with Crippen molar-refractivity contribution in [2.24, 2.45) is 0 Å². The maximum Gasteiger partial charge on any atom is 0.269 e. The van der Waals surface area contributed by atoms with Gasteiger partial charge in [0.1, 0.15) is 0 Å². The van der Waals surface area contributed by atoms with Crippen LogP contribution in [-0.4, -0.2) is 20.8 Å². The van der Waals surface area contributed by atoms with Gasteiger partial charge < -0.3 is 10.3 Å². The number of H-pyrrole nitrogens is 1. The number of halogens is 1. The molecule has 4 rings (SSSR count). The highest BCUT2D eigenvalue weighted by Gasteiger charge is 2.14. The van der Waals surface area contributed by atoms with Crippen LogP contribution in [0, 0.1) is 10.1 Å². The molecule has 0 saturated heterocycles. The van der Waals surface area contributed by atoms with Gasteiger partial charge in [0, 0.05) is 22.7 Å². The number of nitro benzene ring substituents is 1. The molecule has 148 valence electrons. The number of benzene rings is 3. The molecule has 30 heavy (non-hydrogen) atoms. The molecular formula is C22H15ClN4O3. The van der Waals surface area contributed by atoms with Crippen LogP contribution in [0.4, 0.5) is 5.69 Å². The number of nitro groups is 1. The predicted octanol–water partition coefficient (Wildman–Crippen LogP) is 5.05. The molecule has 0 aliphatic rings. The lowest BCUT2D eigenvalue weighted by Gasteiger charge is -2.08. The number of fused-ring (bicyclic) bond motifs is 1. The highest BCUT2D eigenvalue weighted by atomic mass is 35.5. The number of nitrogens with one attached hydrogen (secondary N) is 2. The van der Waals surface area contributed by atoms with Crippen LogP contribution in [0.2, 0.25) is 5.02 Å². The van der Waals surface area contributed by atoms with Crippen LogP contribution in [0.15, 0.2) is 72.8 Å². The van der Waals surface area contributed by atoms with Crippen LogP contribution < -0.4 is 5.32 Å². The van der Waals surface area contributed by atoms with Crippen molar-refractivity contribution in [2.45, 2.75) is 0 Å². The number of amides is 1. The van der Waals surface area contributed by atoms with E-state index >= 15 is 0 Å². The molecule has 1 amide bonds. The van der Waals surface area contributed by atoms with E-state index in [1.807, 2.05) is 6.07 Å². The maximum absolute atomic E-state index is 12.7. The quantitative estimate of drug-likeness (QED) is 0.349. The molecule has 0 bridgehead atoms. The van der Waals surface area contributed by atoms with Crippen LogP contribution in [0.5, 0.6) is 0 Å². The third-order valence-electron chi connectivity index (χ3n) is 4.40. The molecule has 7 nitrogen and oxygen atoms in total. The number of nitrogens with zero attached hydrogens (tertiary/aromatic N) is 2. The maximum atomic E-state index is 12.7. The molecule has 0 saturated carbocycles. The van der Waals surface area contributed by atoms with E-state index in [2.05, 4.69) is 15.3 Å². The molecule has 3 aromatic carbocycles. The van der Waals surface area contributed by atoms with Crippen LogP contribution in [0.1, 0.15) is 21.7 Å². The highest BCUT2D eigenvalue weighted by Crippen LogP contribution is 2.22. The van der Waals surface area contributed by atoms with Gasteiger partial charge in [-0.25, -0.2) is 4.98 Å². The fourth-order valence-corrected chi connectivity index (χ4v) is 3.09. The number of hydrogen-bond donors (Lipinski definition) is 2. The van der Waals surface area contributed by atoms with Crippen molar-refractivity contribution in [1.29, 1.82) is 0 Å². The lowest BCUT2D eigenvalue weighted by Crippen LogP contribution is -2.22. The average molecular weight is 419 g/mol. The molecule has 1 heterocycles. The van der Waals surface area contributed by atoms with Crippen molar-refractivity contribution in [2.75, 3.05) is 0 Å². The molecule has 0 aliphatic heterocycles. The topological polar surface area (TPSA) is 101 Å². The van der Waals surface area contributed by atoms with Gasteiger partial charge in [0.05, 0.1) is 21.7 Å². The summed E-state index contributed by atoms with van der Waals surface area (Å²) in [6.07, 6.45) is 1.70. The number of non-ortho nitro benzene ring substituents is 1. The van der Waals surface area contributed by atoms with Gasteiger partial charge in [-0.15, -0.1) is 0 Å². The number of aromatic amines is 1. The molecule has 0 spiro atoms. The Labute approximate surface area is 176 Å². The van der Waals surface area contributed by atoms with Gasteiger partial charge in [-0.2, -0.15) is 0 Å². The van der Waals surface area contributed by atoms with E-state index in [-0.39, 0.29) is 11.6 Å². The molecule has 0 atom stereocenters. The van der Waals surface area contributed by atoms with Crippen molar-refractivity contribution in [1.82, 2.24) is 15.3 Å². The summed E-state index contributed by atoms with van der Waals surface area (Å²) in [6, 6.07) is 20.1. The SMILES string of the molecule is O=C(N/C(=C\c1ccc([N+](=O)[O-])cc1)c1nc2ccc(Cl)cc2[nH]1)c1ccccc1. The fraction of sp³-hybridized carbons (Fsp3) is 0. The third kappa shape index (κ3) is 4.21. The minimum atomic E-state index is -0.464. The van der Waals surface area contributed by atoms with Gasteiger partial charge in [0.2, 0.25) is 0 Å². The second-order valence-corrected chi connectivity index (χ2v) is 6.91. The van der Waals surface area contributed by atoms with Gasteiger partial charge in [-0.1, -0.05) is 29.8 Å². The molecule has 0 aliphatic carbocycles. The Morgan fingerprint density at radius 3 is 2.50 bits per heavy atom. The number of aromatic nitrogens is 2. The van der Waals surface area contributed by atoms with Crippen molar-refractivity contribution < 1.29 is 9.72 Å². The summed E-state index contributed by atoms with van der Waals surface area (Å²) < 4.78 is 0. The largest absolute Gasteiger partial charge is 0.337 e. The zero-order chi connectivity index (χ0) is 21.1. The van der Waals surface area contributed by atoms with Crippen LogP contribution in [0.3, 0.4) is 0 Å². The van der Waals surface area contributed by atoms with Gasteiger partial charge >= 0.3 is 0 Å². The Morgan fingerprint density at radius 1 is 1.07 bits per heavy atom. The number of hydrogen-bond acceptors (Lipinski definition) is 4. The number of rotatable bonds is 5. The monoisotopic (exact) mass is 418 g/mol. The van der Waals surface area contributed by atoms with Crippen LogP contribution in [-0.2, 0) is 0 Å². The normalized spacial score (nSPS) is 11.4. The highest BCUT2D eigenvalue weighted by molar-refractivity contribution is 6.31. The summed E-state index contributed by atoms with van der Waals surface area (Å²) in [7, 11) is 0. The Kier molecular flexibility index (Phi) is 5.28. The second kappa shape index (κ2) is 8.18. The molecule has 1 aromatic heterocycles. The smallest absolute Gasteiger partial charge is 0.269 e. The van der Waals surface area contributed by atoms with E-state index in [1.165, 1.54) is 12.1 Å². The molecule has 8 heteroatoms. The first-order valence-electron chi connectivity index (χ1n) is 8.98. The van der Waals surface area contributed by atoms with E-state index in [4.69, 9.17) is 11.6 Å². The van der Waals surface area contributed by atoms with Crippen molar-refractivity contribution in [3.05, 3.63) is 105 Å². The number of imidazole rings is 1. The zero-order valence-corrected chi connectivity index (χ0v) is 16.3. The second-order valence-electron chi connectivity index (χ2n) is 6.47. The Balaban J connectivity index is 1.75. The number of carbonyl (C=O) groups excluding carboxylic acids is 1. The summed E-state index contributed by atoms with van der Waals surface area (Å²) in [4.78, 5) is 30.8. The minimum absolute atomic E-state index is 0.0135. The summed E-state index contributed by atoms with van der Waals surface area (Å²) in [5.41, 5.74) is 2.98.